The maximum absolute atomic E-state index is 13.1. The van der Waals surface area contributed by atoms with Crippen molar-refractivity contribution in [3.05, 3.63) is 132 Å². The fourth-order valence-electron chi connectivity index (χ4n) is 5.13. The summed E-state index contributed by atoms with van der Waals surface area (Å²) >= 11 is 0. The van der Waals surface area contributed by atoms with Crippen LogP contribution in [-0.2, 0) is 9.59 Å². The number of hydrogen-bond donors (Lipinski definition) is 2. The van der Waals surface area contributed by atoms with E-state index in [1.807, 2.05) is 125 Å². The fraction of sp³-hybridized carbons (Fsp3) is 0.111. The van der Waals surface area contributed by atoms with Gasteiger partial charge in [-0.15, -0.1) is 0 Å². The number of nitrogens with one attached hydrogen (secondary N) is 2. The average Bonchev–Trinajstić information content (AvgIpc) is 3.48. The minimum absolute atomic E-state index is 0.159. The van der Waals surface area contributed by atoms with Crippen LogP contribution in [0.2, 0.25) is 0 Å². The van der Waals surface area contributed by atoms with Gasteiger partial charge >= 0.3 is 0 Å². The zero-order chi connectivity index (χ0) is 30.8. The van der Waals surface area contributed by atoms with Gasteiger partial charge in [0.1, 0.15) is 0 Å². The van der Waals surface area contributed by atoms with Crippen LogP contribution in [0.25, 0.3) is 11.1 Å². The molecule has 4 aromatic carbocycles. The number of benzene rings is 4. The Hall–Kier alpha value is -5.76. The molecular formula is C36H32N6O2. The van der Waals surface area contributed by atoms with E-state index in [2.05, 4.69) is 20.8 Å². The third-order valence-corrected chi connectivity index (χ3v) is 7.68. The molecule has 0 spiro atoms. The molecule has 0 unspecified atom stereocenters. The van der Waals surface area contributed by atoms with Gasteiger partial charge in [0.25, 0.3) is 11.8 Å². The summed E-state index contributed by atoms with van der Waals surface area (Å²) in [6.45, 7) is 7.60. The second-order valence-electron chi connectivity index (χ2n) is 10.7. The maximum Gasteiger partial charge on any atom is 0.282 e. The first-order valence-electron chi connectivity index (χ1n) is 14.4. The Kier molecular flexibility index (Phi) is 7.64. The number of hydrogen-bond acceptors (Lipinski definition) is 6. The van der Waals surface area contributed by atoms with Gasteiger partial charge in [-0.1, -0.05) is 60.7 Å². The van der Waals surface area contributed by atoms with E-state index < -0.39 is 0 Å². The van der Waals surface area contributed by atoms with Crippen LogP contribution in [0.15, 0.2) is 131 Å². The Morgan fingerprint density at radius 1 is 0.523 bits per heavy atom. The van der Waals surface area contributed by atoms with E-state index in [-0.39, 0.29) is 11.8 Å². The zero-order valence-corrected chi connectivity index (χ0v) is 25.0. The van der Waals surface area contributed by atoms with Crippen LogP contribution in [0.5, 0.6) is 0 Å². The van der Waals surface area contributed by atoms with Gasteiger partial charge in [-0.3, -0.25) is 9.59 Å². The van der Waals surface area contributed by atoms with Gasteiger partial charge < -0.3 is 10.6 Å². The first-order chi connectivity index (χ1) is 21.3. The van der Waals surface area contributed by atoms with Crippen molar-refractivity contribution in [3.63, 3.8) is 0 Å². The van der Waals surface area contributed by atoms with Gasteiger partial charge in [-0.25, -0.2) is 0 Å². The molecule has 4 aromatic rings. The number of para-hydroxylation sites is 2. The lowest BCUT2D eigenvalue weighted by Crippen LogP contribution is -2.22. The van der Waals surface area contributed by atoms with Crippen molar-refractivity contribution in [2.45, 2.75) is 27.7 Å². The lowest BCUT2D eigenvalue weighted by molar-refractivity contribution is -0.115. The molecule has 2 heterocycles. The largest absolute Gasteiger partial charge is 0.361 e. The summed E-state index contributed by atoms with van der Waals surface area (Å²) in [6, 6.07) is 31.4. The Morgan fingerprint density at radius 3 is 1.25 bits per heavy atom. The average molecular weight is 581 g/mol. The lowest BCUT2D eigenvalue weighted by Gasteiger charge is -2.14. The molecule has 0 fully saturated rings. The number of amides is 2. The molecule has 0 radical (unpaired) electrons. The number of carbonyl (C=O) groups excluding carboxylic acids is 2. The molecule has 8 nitrogen and oxygen atoms in total. The molecular weight excluding hydrogens is 548 g/mol. The number of nitrogens with zero attached hydrogens (tertiary/aromatic N) is 4. The van der Waals surface area contributed by atoms with E-state index in [1.54, 1.807) is 12.4 Å². The van der Waals surface area contributed by atoms with Crippen LogP contribution in [0.1, 0.15) is 25.0 Å². The fourth-order valence-corrected chi connectivity index (χ4v) is 5.13. The highest BCUT2D eigenvalue weighted by atomic mass is 16.2. The molecule has 0 saturated heterocycles. The van der Waals surface area contributed by atoms with Crippen molar-refractivity contribution in [1.29, 1.82) is 0 Å². The van der Waals surface area contributed by atoms with E-state index in [0.29, 0.717) is 22.6 Å². The molecule has 8 heteroatoms. The molecule has 2 N–H and O–H groups in total. The highest BCUT2D eigenvalue weighted by Crippen LogP contribution is 2.29. The quantitative estimate of drug-likeness (QED) is 0.223. The number of hydrazone groups is 2. The number of anilines is 4. The summed E-state index contributed by atoms with van der Waals surface area (Å²) in [7, 11) is 0. The van der Waals surface area contributed by atoms with Crippen LogP contribution in [0.4, 0.5) is 22.7 Å². The Labute approximate surface area is 256 Å². The van der Waals surface area contributed by atoms with Gasteiger partial charge in [0.05, 0.1) is 33.9 Å². The number of aryl methyl sites for hydroxylation is 2. The molecule has 218 valence electrons. The van der Waals surface area contributed by atoms with Gasteiger partial charge in [-0.05, 0) is 86.3 Å². The van der Waals surface area contributed by atoms with E-state index in [9.17, 15) is 9.59 Å². The molecule has 2 aliphatic heterocycles. The van der Waals surface area contributed by atoms with Gasteiger partial charge in [0.2, 0.25) is 0 Å². The lowest BCUT2D eigenvalue weighted by atomic mass is 10.0. The highest BCUT2D eigenvalue weighted by molar-refractivity contribution is 6.30. The predicted octanol–water partition coefficient (Wildman–Crippen LogP) is 7.41. The standard InChI is InChI=1S/C36H32N6O2/c1-23-9-5-7-11-33(23)41-35(43)31(25(3)39-41)21-37-29-17-13-27(14-18-29)28-15-19-30(20-16-28)38-22-32-26(4)40-42(36(32)44)34-12-8-6-10-24(34)2/h5-22,37-38H,1-4H3. The van der Waals surface area contributed by atoms with Crippen molar-refractivity contribution < 1.29 is 9.59 Å². The van der Waals surface area contributed by atoms with E-state index in [1.165, 1.54) is 10.0 Å². The monoisotopic (exact) mass is 580 g/mol. The second-order valence-corrected chi connectivity index (χ2v) is 10.7. The third kappa shape index (κ3) is 5.53. The van der Waals surface area contributed by atoms with Gasteiger partial charge in [0.15, 0.2) is 0 Å². The summed E-state index contributed by atoms with van der Waals surface area (Å²) in [5, 5.41) is 18.3. The zero-order valence-electron chi connectivity index (χ0n) is 25.0. The van der Waals surface area contributed by atoms with Crippen LogP contribution in [-0.4, -0.2) is 23.2 Å². The molecule has 0 aliphatic carbocycles. The number of carbonyl (C=O) groups is 2. The Balaban J connectivity index is 1.09. The minimum Gasteiger partial charge on any atom is -0.361 e. The first kappa shape index (κ1) is 28.4. The van der Waals surface area contributed by atoms with E-state index >= 15 is 0 Å². The van der Waals surface area contributed by atoms with Crippen LogP contribution < -0.4 is 20.7 Å². The molecule has 0 aromatic heterocycles. The molecule has 44 heavy (non-hydrogen) atoms. The molecule has 2 amide bonds. The van der Waals surface area contributed by atoms with Crippen molar-refractivity contribution in [2.75, 3.05) is 20.7 Å². The summed E-state index contributed by atoms with van der Waals surface area (Å²) in [5.74, 6) is -0.317. The predicted molar refractivity (Wildman–Crippen MR) is 179 cm³/mol. The van der Waals surface area contributed by atoms with Crippen LogP contribution in [0, 0.1) is 13.8 Å². The molecule has 0 saturated carbocycles. The molecule has 2 aliphatic rings. The maximum atomic E-state index is 13.1. The smallest absolute Gasteiger partial charge is 0.282 e. The van der Waals surface area contributed by atoms with Crippen molar-refractivity contribution in [1.82, 2.24) is 0 Å². The molecule has 0 atom stereocenters. The first-order valence-corrected chi connectivity index (χ1v) is 14.4. The van der Waals surface area contributed by atoms with E-state index in [0.717, 1.165) is 45.0 Å². The molecule has 6 rings (SSSR count). The van der Waals surface area contributed by atoms with Crippen LogP contribution >= 0.6 is 0 Å². The van der Waals surface area contributed by atoms with Gasteiger partial charge in [-0.2, -0.15) is 20.2 Å². The van der Waals surface area contributed by atoms with Crippen molar-refractivity contribution in [2.24, 2.45) is 10.2 Å². The van der Waals surface area contributed by atoms with Crippen molar-refractivity contribution in [3.8, 4) is 11.1 Å². The van der Waals surface area contributed by atoms with Crippen molar-refractivity contribution >= 4 is 46.0 Å². The van der Waals surface area contributed by atoms with Crippen LogP contribution in [0.3, 0.4) is 0 Å². The summed E-state index contributed by atoms with van der Waals surface area (Å²) in [6.07, 6.45) is 3.43. The third-order valence-electron chi connectivity index (χ3n) is 7.68. The summed E-state index contributed by atoms with van der Waals surface area (Å²) in [5.41, 5.74) is 9.74. The normalized spacial score (nSPS) is 16.5. The summed E-state index contributed by atoms with van der Waals surface area (Å²) < 4.78 is 0. The van der Waals surface area contributed by atoms with Gasteiger partial charge in [0, 0.05) is 23.8 Å². The highest BCUT2D eigenvalue weighted by Gasteiger charge is 2.30. The molecule has 0 bridgehead atoms. The minimum atomic E-state index is -0.159. The SMILES string of the molecule is CC1=NN(c2ccccc2C)C(=O)C1=CNc1ccc(-c2ccc(NC=C3C(=O)N(c4ccccc4C)N=C3C)cc2)cc1. The second kappa shape index (κ2) is 11.9. The summed E-state index contributed by atoms with van der Waals surface area (Å²) in [4.78, 5) is 26.1. The Morgan fingerprint density at radius 2 is 0.886 bits per heavy atom. The number of rotatable bonds is 7. The Bertz CT molecular complexity index is 1750. The topological polar surface area (TPSA) is 89.4 Å². The van der Waals surface area contributed by atoms with E-state index in [4.69, 9.17) is 0 Å².